The molecule has 0 aliphatic carbocycles. The standard InChI is InChI=1S/C13H16ClFO3/c1-4-18-12(17)13(2,3)11(16)9-6-5-8(15)7-10(9)14/h5-7,11,16H,4H2,1-3H3. The van der Waals surface area contributed by atoms with Gasteiger partial charge in [-0.2, -0.15) is 0 Å². The summed E-state index contributed by atoms with van der Waals surface area (Å²) < 4.78 is 17.8. The van der Waals surface area contributed by atoms with Crippen LogP contribution in [0.3, 0.4) is 0 Å². The van der Waals surface area contributed by atoms with E-state index in [9.17, 15) is 14.3 Å². The topological polar surface area (TPSA) is 46.5 Å². The summed E-state index contributed by atoms with van der Waals surface area (Å²) in [5.74, 6) is -1.03. The molecule has 0 aliphatic heterocycles. The number of aliphatic hydroxyl groups excluding tert-OH is 1. The number of carbonyl (C=O) groups excluding carboxylic acids is 1. The number of aliphatic hydroxyl groups is 1. The Morgan fingerprint density at radius 3 is 2.67 bits per heavy atom. The highest BCUT2D eigenvalue weighted by Crippen LogP contribution is 2.37. The van der Waals surface area contributed by atoms with Crippen LogP contribution in [-0.2, 0) is 9.53 Å². The largest absolute Gasteiger partial charge is 0.465 e. The fourth-order valence-corrected chi connectivity index (χ4v) is 1.81. The van der Waals surface area contributed by atoms with Crippen LogP contribution in [0.4, 0.5) is 4.39 Å². The molecule has 0 radical (unpaired) electrons. The molecule has 0 saturated carbocycles. The van der Waals surface area contributed by atoms with Crippen molar-refractivity contribution in [1.29, 1.82) is 0 Å². The first-order chi connectivity index (χ1) is 8.30. The first kappa shape index (κ1) is 14.9. The van der Waals surface area contributed by atoms with E-state index in [4.69, 9.17) is 16.3 Å². The van der Waals surface area contributed by atoms with Gasteiger partial charge in [0.2, 0.25) is 0 Å². The van der Waals surface area contributed by atoms with Crippen molar-refractivity contribution < 1.29 is 19.0 Å². The molecule has 0 heterocycles. The zero-order chi connectivity index (χ0) is 13.9. The molecular weight excluding hydrogens is 259 g/mol. The van der Waals surface area contributed by atoms with Crippen molar-refractivity contribution in [3.05, 3.63) is 34.6 Å². The van der Waals surface area contributed by atoms with Gasteiger partial charge < -0.3 is 9.84 Å². The predicted molar refractivity (Wildman–Crippen MR) is 66.8 cm³/mol. The van der Waals surface area contributed by atoms with E-state index in [-0.39, 0.29) is 11.6 Å². The molecule has 100 valence electrons. The van der Waals surface area contributed by atoms with Gasteiger partial charge in [0.25, 0.3) is 0 Å². The van der Waals surface area contributed by atoms with E-state index in [1.165, 1.54) is 12.1 Å². The number of benzene rings is 1. The minimum Gasteiger partial charge on any atom is -0.465 e. The molecule has 0 bridgehead atoms. The number of hydrogen-bond acceptors (Lipinski definition) is 3. The summed E-state index contributed by atoms with van der Waals surface area (Å²) in [6.07, 6.45) is -1.16. The Morgan fingerprint density at radius 1 is 1.56 bits per heavy atom. The van der Waals surface area contributed by atoms with Gasteiger partial charge in [0, 0.05) is 10.6 Å². The van der Waals surface area contributed by atoms with Crippen LogP contribution in [0.25, 0.3) is 0 Å². The third kappa shape index (κ3) is 3.00. The Kier molecular flexibility index (Phi) is 4.71. The van der Waals surface area contributed by atoms with Gasteiger partial charge in [0.15, 0.2) is 0 Å². The number of hydrogen-bond donors (Lipinski definition) is 1. The molecular formula is C13H16ClFO3. The summed E-state index contributed by atoms with van der Waals surface area (Å²) >= 11 is 5.86. The van der Waals surface area contributed by atoms with Crippen LogP contribution >= 0.6 is 11.6 Å². The molecule has 0 fully saturated rings. The first-order valence-corrected chi connectivity index (χ1v) is 5.98. The number of halogens is 2. The average molecular weight is 275 g/mol. The summed E-state index contributed by atoms with van der Waals surface area (Å²) in [6, 6.07) is 3.65. The van der Waals surface area contributed by atoms with Crippen molar-refractivity contribution >= 4 is 17.6 Å². The molecule has 1 aromatic carbocycles. The van der Waals surface area contributed by atoms with E-state index in [0.717, 1.165) is 6.07 Å². The lowest BCUT2D eigenvalue weighted by Crippen LogP contribution is -2.33. The molecule has 18 heavy (non-hydrogen) atoms. The van der Waals surface area contributed by atoms with Crippen molar-refractivity contribution in [2.75, 3.05) is 6.61 Å². The summed E-state index contributed by atoms with van der Waals surface area (Å²) in [6.45, 7) is 5.02. The van der Waals surface area contributed by atoms with E-state index in [1.807, 2.05) is 0 Å². The van der Waals surface area contributed by atoms with E-state index in [1.54, 1.807) is 20.8 Å². The maximum Gasteiger partial charge on any atom is 0.314 e. The molecule has 3 nitrogen and oxygen atoms in total. The van der Waals surface area contributed by atoms with Crippen molar-refractivity contribution in [2.24, 2.45) is 5.41 Å². The van der Waals surface area contributed by atoms with Crippen LogP contribution in [0.1, 0.15) is 32.4 Å². The summed E-state index contributed by atoms with van der Waals surface area (Å²) in [5.41, 5.74) is -0.853. The smallest absolute Gasteiger partial charge is 0.314 e. The highest BCUT2D eigenvalue weighted by atomic mass is 35.5. The van der Waals surface area contributed by atoms with Gasteiger partial charge in [-0.3, -0.25) is 4.79 Å². The number of esters is 1. The first-order valence-electron chi connectivity index (χ1n) is 5.61. The van der Waals surface area contributed by atoms with E-state index >= 15 is 0 Å². The van der Waals surface area contributed by atoms with Crippen LogP contribution in [-0.4, -0.2) is 17.7 Å². The SMILES string of the molecule is CCOC(=O)C(C)(C)C(O)c1ccc(F)cc1Cl. The van der Waals surface area contributed by atoms with Crippen LogP contribution in [0.5, 0.6) is 0 Å². The van der Waals surface area contributed by atoms with Gasteiger partial charge >= 0.3 is 5.97 Å². The molecule has 0 spiro atoms. The summed E-state index contributed by atoms with van der Waals surface area (Å²) in [7, 11) is 0. The molecule has 1 rings (SSSR count). The third-order valence-electron chi connectivity index (χ3n) is 2.74. The molecule has 0 aliphatic rings. The average Bonchev–Trinajstić information content (AvgIpc) is 2.28. The Balaban J connectivity index is 3.05. The summed E-state index contributed by atoms with van der Waals surface area (Å²) in [5, 5.41) is 10.3. The minimum absolute atomic E-state index is 0.0832. The molecule has 5 heteroatoms. The number of ether oxygens (including phenoxy) is 1. The highest BCUT2D eigenvalue weighted by Gasteiger charge is 2.39. The van der Waals surface area contributed by atoms with Crippen LogP contribution in [0.2, 0.25) is 5.02 Å². The fraction of sp³-hybridized carbons (Fsp3) is 0.462. The molecule has 0 amide bonds. The van der Waals surface area contributed by atoms with Gasteiger partial charge in [-0.05, 0) is 32.9 Å². The Morgan fingerprint density at radius 2 is 2.17 bits per heavy atom. The van der Waals surface area contributed by atoms with Crippen molar-refractivity contribution in [3.63, 3.8) is 0 Å². The van der Waals surface area contributed by atoms with E-state index in [0.29, 0.717) is 5.56 Å². The minimum atomic E-state index is -1.16. The van der Waals surface area contributed by atoms with Crippen LogP contribution in [0, 0.1) is 11.2 Å². The lowest BCUT2D eigenvalue weighted by Gasteiger charge is -2.28. The predicted octanol–water partition coefficient (Wildman–Crippen LogP) is 3.10. The van der Waals surface area contributed by atoms with Crippen LogP contribution < -0.4 is 0 Å². The monoisotopic (exact) mass is 274 g/mol. The molecule has 1 atom stereocenters. The second kappa shape index (κ2) is 5.67. The molecule has 1 N–H and O–H groups in total. The number of carbonyl (C=O) groups is 1. The van der Waals surface area contributed by atoms with Crippen molar-refractivity contribution in [1.82, 2.24) is 0 Å². The fourth-order valence-electron chi connectivity index (χ4n) is 1.54. The maximum absolute atomic E-state index is 12.9. The molecule has 0 aromatic heterocycles. The van der Waals surface area contributed by atoms with Gasteiger partial charge in [0.05, 0.1) is 18.1 Å². The van der Waals surface area contributed by atoms with Crippen molar-refractivity contribution in [2.45, 2.75) is 26.9 Å². The lowest BCUT2D eigenvalue weighted by molar-refractivity contribution is -0.160. The van der Waals surface area contributed by atoms with E-state index in [2.05, 4.69) is 0 Å². The molecule has 1 aromatic rings. The highest BCUT2D eigenvalue weighted by molar-refractivity contribution is 6.31. The van der Waals surface area contributed by atoms with E-state index < -0.39 is 23.3 Å². The Hall–Kier alpha value is -1.13. The molecule has 1 unspecified atom stereocenters. The Bertz CT molecular complexity index is 446. The second-order valence-electron chi connectivity index (χ2n) is 4.51. The van der Waals surface area contributed by atoms with Gasteiger partial charge in [-0.1, -0.05) is 17.7 Å². The van der Waals surface area contributed by atoms with Gasteiger partial charge in [-0.25, -0.2) is 4.39 Å². The molecule has 0 saturated heterocycles. The van der Waals surface area contributed by atoms with Gasteiger partial charge in [-0.15, -0.1) is 0 Å². The zero-order valence-electron chi connectivity index (χ0n) is 10.5. The second-order valence-corrected chi connectivity index (χ2v) is 4.92. The lowest BCUT2D eigenvalue weighted by atomic mass is 9.82. The van der Waals surface area contributed by atoms with Gasteiger partial charge in [0.1, 0.15) is 5.82 Å². The summed E-state index contributed by atoms with van der Waals surface area (Å²) in [4.78, 5) is 11.8. The third-order valence-corrected chi connectivity index (χ3v) is 3.07. The van der Waals surface area contributed by atoms with Crippen molar-refractivity contribution in [3.8, 4) is 0 Å². The quantitative estimate of drug-likeness (QED) is 0.858. The zero-order valence-corrected chi connectivity index (χ0v) is 11.3. The maximum atomic E-state index is 12.9. The normalized spacial score (nSPS) is 13.2. The Labute approximate surface area is 111 Å². The van der Waals surface area contributed by atoms with Crippen LogP contribution in [0.15, 0.2) is 18.2 Å². The number of rotatable bonds is 4.